The molecule has 1 amide bonds. The quantitative estimate of drug-likeness (QED) is 0.446. The van der Waals surface area contributed by atoms with Gasteiger partial charge in [0, 0.05) is 23.9 Å². The summed E-state index contributed by atoms with van der Waals surface area (Å²) in [4.78, 5) is 14.4. The van der Waals surface area contributed by atoms with Gasteiger partial charge in [-0.2, -0.15) is 13.2 Å². The monoisotopic (exact) mass is 509 g/mol. The van der Waals surface area contributed by atoms with Crippen LogP contribution in [0.4, 0.5) is 26.3 Å². The van der Waals surface area contributed by atoms with Crippen LogP contribution in [0.2, 0.25) is 0 Å². The molecule has 2 unspecified atom stereocenters. The Balaban J connectivity index is 1.82. The van der Waals surface area contributed by atoms with Crippen molar-refractivity contribution in [3.8, 4) is 0 Å². The highest BCUT2D eigenvalue weighted by atomic mass is 32.2. The number of alkyl halides is 3. The van der Waals surface area contributed by atoms with Crippen molar-refractivity contribution in [2.24, 2.45) is 4.36 Å². The maximum atomic E-state index is 14.3. The molecule has 0 saturated carbocycles. The Labute approximate surface area is 195 Å². The summed E-state index contributed by atoms with van der Waals surface area (Å²) in [6, 6.07) is 0.462. The van der Waals surface area contributed by atoms with E-state index in [0.29, 0.717) is 6.07 Å². The smallest absolute Gasteiger partial charge is 0.333 e. The van der Waals surface area contributed by atoms with Crippen LogP contribution in [0, 0.1) is 17.5 Å². The number of rotatable bonds is 5. The third-order valence-electron chi connectivity index (χ3n) is 5.51. The van der Waals surface area contributed by atoms with Crippen LogP contribution >= 0.6 is 0 Å². The lowest BCUT2D eigenvalue weighted by Crippen LogP contribution is -2.40. The summed E-state index contributed by atoms with van der Waals surface area (Å²) >= 11 is 0. The van der Waals surface area contributed by atoms with Crippen molar-refractivity contribution in [3.05, 3.63) is 46.8 Å². The number of nitrogens with zero attached hydrogens (tertiary/aromatic N) is 5. The van der Waals surface area contributed by atoms with Crippen molar-refractivity contribution >= 4 is 16.6 Å². The third-order valence-corrected chi connectivity index (χ3v) is 7.89. The summed E-state index contributed by atoms with van der Waals surface area (Å²) in [5, 5.41) is 6.76. The van der Waals surface area contributed by atoms with Gasteiger partial charge in [-0.05, 0) is 24.3 Å². The number of fused-ring (bicyclic) bond motifs is 1. The lowest BCUT2D eigenvalue weighted by molar-refractivity contribution is -0.148. The number of hydrogen-bond acceptors (Lipinski definition) is 4. The van der Waals surface area contributed by atoms with Gasteiger partial charge in [-0.3, -0.25) is 9.16 Å². The minimum Gasteiger partial charge on any atom is -0.333 e. The fourth-order valence-electron chi connectivity index (χ4n) is 3.41. The van der Waals surface area contributed by atoms with Gasteiger partial charge in [-0.1, -0.05) is 31.5 Å². The predicted octanol–water partition coefficient (Wildman–Crippen LogP) is 4.29. The molecule has 13 heteroatoms. The van der Waals surface area contributed by atoms with Gasteiger partial charge in [0.2, 0.25) is 11.7 Å². The molecule has 2 atom stereocenters. The van der Waals surface area contributed by atoms with E-state index in [1.165, 1.54) is 4.90 Å². The molecule has 1 aromatic carbocycles. The van der Waals surface area contributed by atoms with Gasteiger partial charge in [-0.25, -0.2) is 13.2 Å². The number of carbonyl (C=O) groups is 1. The molecule has 0 N–H and O–H groups in total. The number of aromatic nitrogens is 3. The van der Waals surface area contributed by atoms with Gasteiger partial charge in [0.25, 0.3) is 0 Å². The van der Waals surface area contributed by atoms with Gasteiger partial charge in [0.1, 0.15) is 5.82 Å². The standard InChI is InChI=1S/C21H25F6N5OS/c1-20(2,3)34(4)30-13(7-12-8-15(23)16(24)10-14(12)22)9-18(33)31-5-6-32-17(11-31)28-29-19(32)21(25,26)27/h8,10,13H,5-7,9,11H2,1-4H3. The van der Waals surface area contributed by atoms with Gasteiger partial charge < -0.3 is 9.47 Å². The molecule has 0 spiro atoms. The Morgan fingerprint density at radius 2 is 1.74 bits per heavy atom. The summed E-state index contributed by atoms with van der Waals surface area (Å²) in [5.41, 5.74) is -0.112. The molecule has 0 radical (unpaired) electrons. The van der Waals surface area contributed by atoms with E-state index in [1.54, 1.807) is 0 Å². The first-order chi connectivity index (χ1) is 15.7. The maximum Gasteiger partial charge on any atom is 0.451 e. The zero-order valence-electron chi connectivity index (χ0n) is 19.1. The summed E-state index contributed by atoms with van der Waals surface area (Å²) < 4.78 is 85.8. The molecule has 0 fully saturated rings. The van der Waals surface area contributed by atoms with Crippen LogP contribution in [-0.2, 0) is 41.2 Å². The van der Waals surface area contributed by atoms with Crippen molar-refractivity contribution in [1.29, 1.82) is 0 Å². The first-order valence-corrected chi connectivity index (χ1v) is 12.0. The van der Waals surface area contributed by atoms with Gasteiger partial charge >= 0.3 is 6.18 Å². The van der Waals surface area contributed by atoms with Gasteiger partial charge in [0.15, 0.2) is 17.5 Å². The summed E-state index contributed by atoms with van der Waals surface area (Å²) in [6.07, 6.45) is -3.10. The molecule has 6 nitrogen and oxygen atoms in total. The van der Waals surface area contributed by atoms with Crippen LogP contribution in [0.5, 0.6) is 0 Å². The van der Waals surface area contributed by atoms with Crippen LogP contribution in [-0.4, -0.2) is 49.2 Å². The zero-order chi connectivity index (χ0) is 25.4. The highest BCUT2D eigenvalue weighted by Gasteiger charge is 2.40. The van der Waals surface area contributed by atoms with E-state index in [9.17, 15) is 31.1 Å². The fraction of sp³-hybridized carbons (Fsp3) is 0.571. The third kappa shape index (κ3) is 5.97. The van der Waals surface area contributed by atoms with E-state index in [4.69, 9.17) is 0 Å². The van der Waals surface area contributed by atoms with Crippen LogP contribution in [0.3, 0.4) is 0 Å². The number of amides is 1. The second-order valence-corrected chi connectivity index (χ2v) is 11.4. The normalized spacial score (nSPS) is 16.5. The van der Waals surface area contributed by atoms with Crippen LogP contribution in [0.25, 0.3) is 0 Å². The Bertz CT molecular complexity index is 1110. The van der Waals surface area contributed by atoms with E-state index in [1.807, 2.05) is 27.0 Å². The highest BCUT2D eigenvalue weighted by Crippen LogP contribution is 2.30. The fourth-order valence-corrected chi connectivity index (χ4v) is 4.33. The summed E-state index contributed by atoms with van der Waals surface area (Å²) in [7, 11) is -0.559. The molecule has 1 aromatic heterocycles. The number of halogens is 6. The van der Waals surface area contributed by atoms with E-state index in [0.717, 1.165) is 10.6 Å². The molecule has 188 valence electrons. The minimum absolute atomic E-state index is 0.0102. The van der Waals surface area contributed by atoms with Crippen molar-refractivity contribution in [3.63, 3.8) is 0 Å². The molecular formula is C21H25F6N5OS. The summed E-state index contributed by atoms with van der Waals surface area (Å²) in [6.45, 7) is 5.58. The second kappa shape index (κ2) is 9.67. The van der Waals surface area contributed by atoms with Crippen molar-refractivity contribution in [2.45, 2.75) is 63.7 Å². The highest BCUT2D eigenvalue weighted by molar-refractivity contribution is 7.87. The molecule has 2 aromatic rings. The number of hydrogen-bond donors (Lipinski definition) is 0. The summed E-state index contributed by atoms with van der Waals surface area (Å²) in [5.74, 6) is -4.97. The molecule has 0 saturated heterocycles. The van der Waals surface area contributed by atoms with Crippen molar-refractivity contribution in [1.82, 2.24) is 19.7 Å². The molecule has 3 rings (SSSR count). The van der Waals surface area contributed by atoms with E-state index >= 15 is 0 Å². The minimum atomic E-state index is -4.65. The van der Waals surface area contributed by atoms with Crippen LogP contribution in [0.15, 0.2) is 16.5 Å². The Morgan fingerprint density at radius 1 is 1.09 bits per heavy atom. The maximum absolute atomic E-state index is 14.3. The van der Waals surface area contributed by atoms with Crippen molar-refractivity contribution in [2.75, 3.05) is 12.8 Å². The Morgan fingerprint density at radius 3 is 2.35 bits per heavy atom. The average molecular weight is 510 g/mol. The van der Waals surface area contributed by atoms with Crippen LogP contribution < -0.4 is 0 Å². The SMILES string of the molecule is CS(=NC(CC(=O)N1CCn2c(nnc2C(F)(F)F)C1)Cc1cc(F)c(F)cc1F)C(C)(C)C. The van der Waals surface area contributed by atoms with E-state index in [2.05, 4.69) is 14.6 Å². The molecule has 34 heavy (non-hydrogen) atoms. The molecule has 1 aliphatic rings. The second-order valence-electron chi connectivity index (χ2n) is 9.02. The number of benzene rings is 1. The molecule has 2 heterocycles. The molecule has 0 aliphatic carbocycles. The topological polar surface area (TPSA) is 63.4 Å². The van der Waals surface area contributed by atoms with Crippen molar-refractivity contribution < 1.29 is 31.1 Å². The first-order valence-electron chi connectivity index (χ1n) is 10.4. The number of carbonyl (C=O) groups excluding carboxylic acids is 1. The lowest BCUT2D eigenvalue weighted by atomic mass is 10.0. The molecule has 0 bridgehead atoms. The molecule has 1 aliphatic heterocycles. The first kappa shape index (κ1) is 26.2. The largest absolute Gasteiger partial charge is 0.451 e. The average Bonchev–Trinajstić information content (AvgIpc) is 3.14. The van der Waals surface area contributed by atoms with Crippen LogP contribution in [0.1, 0.15) is 44.4 Å². The Hall–Kier alpha value is -2.44. The Kier molecular flexibility index (Phi) is 7.44. The van der Waals surface area contributed by atoms with Gasteiger partial charge in [-0.15, -0.1) is 10.2 Å². The lowest BCUT2D eigenvalue weighted by Gasteiger charge is -2.29. The van der Waals surface area contributed by atoms with E-state index < -0.39 is 52.1 Å². The predicted molar refractivity (Wildman–Crippen MR) is 114 cm³/mol. The van der Waals surface area contributed by atoms with E-state index in [-0.39, 0.29) is 48.6 Å². The van der Waals surface area contributed by atoms with Gasteiger partial charge in [0.05, 0.1) is 19.0 Å². The molecular weight excluding hydrogens is 484 g/mol. The zero-order valence-corrected chi connectivity index (χ0v) is 19.9.